The van der Waals surface area contributed by atoms with Crippen LogP contribution in [-0.4, -0.2) is 6.15 Å². The van der Waals surface area contributed by atoms with Crippen molar-refractivity contribution < 1.29 is 101 Å². The van der Waals surface area contributed by atoms with Crippen LogP contribution in [0.15, 0.2) is 48.7 Å². The zero-order chi connectivity index (χ0) is 45.0. The fourth-order valence-corrected chi connectivity index (χ4v) is 6.28. The molecule has 0 aliphatic heterocycles. The number of nitrogens with zero attached hydrogens (tertiary/aromatic N) is 1. The van der Waals surface area contributed by atoms with Crippen LogP contribution in [0, 0.1) is 128 Å². The molecule has 6 aromatic rings. The molecule has 0 radical (unpaired) electrons. The Hall–Kier alpha value is -6.23. The first-order valence-electron chi connectivity index (χ1n) is 15.6. The van der Waals surface area contributed by atoms with E-state index in [2.05, 4.69) is 0 Å². The molecule has 0 saturated heterocycles. The van der Waals surface area contributed by atoms with E-state index < -0.39 is 156 Å². The third-order valence-electron chi connectivity index (χ3n) is 8.86. The van der Waals surface area contributed by atoms with Gasteiger partial charge < -0.3 is 0 Å². The van der Waals surface area contributed by atoms with Crippen LogP contribution in [0.5, 0.6) is 0 Å². The minimum Gasteiger partial charge on any atom is -0.207 e. The average molecular weight is 885 g/mol. The molecular formula is C36H10BF22N. The van der Waals surface area contributed by atoms with E-state index in [4.69, 9.17) is 0 Å². The summed E-state index contributed by atoms with van der Waals surface area (Å²) < 4.78 is 321. The molecule has 0 bridgehead atoms. The Morgan fingerprint density at radius 3 is 0.817 bits per heavy atom. The van der Waals surface area contributed by atoms with Gasteiger partial charge in [0.1, 0.15) is 52.7 Å². The standard InChI is InChI=1S/C24BF20.C12H10F2N/c26-5-1(6(27)14(35)21(42)13(5)34)25(2-7(28)15(36)22(43)16(37)8(2)29,3-9(30)17(38)23(44)18(39)10(3)31)4-11(32)19(40)24(45)20(41)12(4)33;13-11-7-4-8-15(12(11)14)9-10-5-2-1-3-6-10/h;1-8H,9H2/q-1;+1. The smallest absolute Gasteiger partial charge is 0.207 e. The van der Waals surface area contributed by atoms with Crippen LogP contribution in [0.3, 0.4) is 0 Å². The van der Waals surface area contributed by atoms with Crippen LogP contribution < -0.4 is 26.4 Å². The van der Waals surface area contributed by atoms with Crippen molar-refractivity contribution in [3.63, 3.8) is 0 Å². The predicted octanol–water partition coefficient (Wildman–Crippen LogP) is 8.15. The van der Waals surface area contributed by atoms with E-state index in [0.717, 1.165) is 11.6 Å². The first-order valence-corrected chi connectivity index (χ1v) is 15.6. The van der Waals surface area contributed by atoms with Gasteiger partial charge in [0.15, 0.2) is 82.5 Å². The van der Waals surface area contributed by atoms with Gasteiger partial charge in [-0.2, -0.15) is 8.96 Å². The summed E-state index contributed by atoms with van der Waals surface area (Å²) in [4.78, 5) is 0. The lowest BCUT2D eigenvalue weighted by Crippen LogP contribution is -2.81. The van der Waals surface area contributed by atoms with Crippen molar-refractivity contribution in [3.8, 4) is 0 Å². The summed E-state index contributed by atoms with van der Waals surface area (Å²) in [5.74, 6) is -73.1. The van der Waals surface area contributed by atoms with Crippen molar-refractivity contribution >= 4 is 28.0 Å². The van der Waals surface area contributed by atoms with Crippen LogP contribution in [0.25, 0.3) is 0 Å². The number of pyridine rings is 1. The highest BCUT2D eigenvalue weighted by molar-refractivity contribution is 7.20. The molecule has 60 heavy (non-hydrogen) atoms. The molecule has 1 heterocycles. The predicted molar refractivity (Wildman–Crippen MR) is 161 cm³/mol. The third kappa shape index (κ3) is 6.83. The fourth-order valence-electron chi connectivity index (χ4n) is 6.28. The second-order valence-corrected chi connectivity index (χ2v) is 12.1. The summed E-state index contributed by atoms with van der Waals surface area (Å²) in [6.45, 7) is 0.338. The summed E-state index contributed by atoms with van der Waals surface area (Å²) in [6.07, 6.45) is -5.70. The van der Waals surface area contributed by atoms with E-state index in [9.17, 15) is 61.5 Å². The first-order chi connectivity index (χ1) is 28.0. The van der Waals surface area contributed by atoms with Crippen LogP contribution in [0.2, 0.25) is 0 Å². The third-order valence-corrected chi connectivity index (χ3v) is 8.86. The van der Waals surface area contributed by atoms with Gasteiger partial charge in [-0.3, -0.25) is 0 Å². The van der Waals surface area contributed by atoms with Crippen LogP contribution in [0.1, 0.15) is 5.56 Å². The maximum Gasteiger partial charge on any atom is 0.396 e. The Balaban J connectivity index is 0.000000379. The van der Waals surface area contributed by atoms with Gasteiger partial charge in [0, 0.05) is 11.6 Å². The number of rotatable bonds is 6. The highest BCUT2D eigenvalue weighted by Crippen LogP contribution is 2.30. The second kappa shape index (κ2) is 16.4. The van der Waals surface area contributed by atoms with Crippen LogP contribution in [-0.2, 0) is 6.54 Å². The second-order valence-electron chi connectivity index (χ2n) is 12.1. The number of halogens is 22. The summed E-state index contributed by atoms with van der Waals surface area (Å²) in [7, 11) is 0. The lowest BCUT2D eigenvalue weighted by molar-refractivity contribution is -0.717. The molecule has 0 aliphatic carbocycles. The molecule has 0 amide bonds. The van der Waals surface area contributed by atoms with E-state index in [-0.39, 0.29) is 0 Å². The Morgan fingerprint density at radius 1 is 0.300 bits per heavy atom. The fraction of sp³-hybridized carbons (Fsp3) is 0.0278. The Labute approximate surface area is 318 Å². The van der Waals surface area contributed by atoms with Gasteiger partial charge in [0.2, 0.25) is 5.82 Å². The van der Waals surface area contributed by atoms with E-state index in [0.29, 0.717) is 6.54 Å². The summed E-state index contributed by atoms with van der Waals surface area (Å²) in [5.41, 5.74) is -13.4. The van der Waals surface area contributed by atoms with Gasteiger partial charge in [0.05, 0.1) is 0 Å². The van der Waals surface area contributed by atoms with Crippen molar-refractivity contribution in [1.82, 2.24) is 0 Å². The normalized spacial score (nSPS) is 11.6. The molecule has 1 nitrogen and oxygen atoms in total. The Bertz CT molecular complexity index is 2320. The number of aromatic nitrogens is 1. The zero-order valence-corrected chi connectivity index (χ0v) is 28.2. The van der Waals surface area contributed by atoms with Crippen LogP contribution >= 0.6 is 0 Å². The molecule has 0 spiro atoms. The first kappa shape index (κ1) is 44.9. The van der Waals surface area contributed by atoms with Gasteiger partial charge in [-0.05, 0) is 6.07 Å². The van der Waals surface area contributed by atoms with E-state index in [1.807, 2.05) is 30.3 Å². The number of benzene rings is 5. The summed E-state index contributed by atoms with van der Waals surface area (Å²) in [6, 6.07) is 12.0. The molecular weight excluding hydrogens is 875 g/mol. The zero-order valence-electron chi connectivity index (χ0n) is 28.2. The van der Waals surface area contributed by atoms with Crippen molar-refractivity contribution in [1.29, 1.82) is 0 Å². The molecule has 5 aromatic carbocycles. The van der Waals surface area contributed by atoms with Gasteiger partial charge >= 0.3 is 5.95 Å². The van der Waals surface area contributed by atoms with Gasteiger partial charge in [-0.25, -0.2) is 87.8 Å². The summed E-state index contributed by atoms with van der Waals surface area (Å²) in [5, 5.41) is 0. The molecule has 0 aliphatic rings. The molecule has 0 unspecified atom stereocenters. The van der Waals surface area contributed by atoms with Crippen LogP contribution in [0.4, 0.5) is 96.6 Å². The van der Waals surface area contributed by atoms with E-state index in [1.54, 1.807) is 0 Å². The quantitative estimate of drug-likeness (QED) is 0.0398. The van der Waals surface area contributed by atoms with Crippen molar-refractivity contribution in [3.05, 3.63) is 182 Å². The molecule has 0 saturated carbocycles. The Morgan fingerprint density at radius 2 is 0.550 bits per heavy atom. The van der Waals surface area contributed by atoms with E-state index >= 15 is 35.1 Å². The topological polar surface area (TPSA) is 3.88 Å². The monoisotopic (exact) mass is 885 g/mol. The van der Waals surface area contributed by atoms with Crippen molar-refractivity contribution in [2.75, 3.05) is 0 Å². The molecule has 0 fully saturated rings. The minimum absolute atomic E-state index is 0.338. The van der Waals surface area contributed by atoms with E-state index in [1.165, 1.54) is 16.8 Å². The maximum absolute atomic E-state index is 15.4. The lowest BCUT2D eigenvalue weighted by atomic mass is 9.12. The molecule has 1 aromatic heterocycles. The van der Waals surface area contributed by atoms with Gasteiger partial charge in [0.25, 0.3) is 0 Å². The summed E-state index contributed by atoms with van der Waals surface area (Å²) >= 11 is 0. The molecule has 316 valence electrons. The molecule has 0 atom stereocenters. The van der Waals surface area contributed by atoms with Gasteiger partial charge in [-0.1, -0.05) is 30.3 Å². The highest BCUT2D eigenvalue weighted by atomic mass is 19.2. The highest BCUT2D eigenvalue weighted by Gasteiger charge is 2.52. The van der Waals surface area contributed by atoms with Crippen molar-refractivity contribution in [2.24, 2.45) is 0 Å². The van der Waals surface area contributed by atoms with Gasteiger partial charge in [-0.15, -0.1) is 26.2 Å². The maximum atomic E-state index is 15.4. The number of hydrogen-bond donors (Lipinski definition) is 0. The number of hydrogen-bond acceptors (Lipinski definition) is 0. The molecule has 6 rings (SSSR count). The van der Waals surface area contributed by atoms with Crippen molar-refractivity contribution in [2.45, 2.75) is 6.54 Å². The molecule has 0 N–H and O–H groups in total. The Kier molecular flexibility index (Phi) is 12.3. The molecule has 24 heteroatoms. The average Bonchev–Trinajstić information content (AvgIpc) is 3.23. The SMILES string of the molecule is Fc1c(F)c(F)c([B-](c2c(F)c(F)c(F)c(F)c2F)(c2c(F)c(F)c(F)c(F)c2F)c2c(F)c(F)c(F)c(F)c2F)c(F)c1F.Fc1ccc[n+](Cc2ccccc2)c1F. The lowest BCUT2D eigenvalue weighted by Gasteiger charge is -2.44. The largest absolute Gasteiger partial charge is 0.396 e. The minimum atomic E-state index is -7.22.